The van der Waals surface area contributed by atoms with Crippen molar-refractivity contribution in [3.63, 3.8) is 0 Å². The second kappa shape index (κ2) is 7.15. The molecule has 0 aromatic heterocycles. The first kappa shape index (κ1) is 8.15. The average molecular weight is 126 g/mol. The van der Waals surface area contributed by atoms with Crippen LogP contribution in [-0.4, -0.2) is 6.67 Å². The van der Waals surface area contributed by atoms with Crippen molar-refractivity contribution in [3.8, 4) is 0 Å². The minimum atomic E-state index is -0.250. The first-order valence-corrected chi connectivity index (χ1v) is 2.97. The Morgan fingerprint density at radius 3 is 1.11 bits per heavy atom. The lowest BCUT2D eigenvalue weighted by molar-refractivity contribution is 0.527. The zero-order valence-corrected chi connectivity index (χ0v) is 5.55. The van der Waals surface area contributed by atoms with Gasteiger partial charge in [-0.3, -0.25) is 4.39 Å². The van der Waals surface area contributed by atoms with Crippen LogP contribution >= 0.6 is 0 Å². The predicted octanol–water partition coefficient (Wildman–Crippen LogP) is 2.66. The zero-order chi connectivity index (χ0) is 6.95. The van der Waals surface area contributed by atoms with Crippen LogP contribution in [0.3, 0.4) is 0 Å². The van der Waals surface area contributed by atoms with Gasteiger partial charge in [0.25, 0.3) is 0 Å². The highest BCUT2D eigenvalue weighted by atomic mass is 19.1. The Bertz CT molecular complexity index is 87.4. The van der Waals surface area contributed by atoms with Crippen LogP contribution in [-0.2, 0) is 0 Å². The van der Waals surface area contributed by atoms with Gasteiger partial charge in [-0.05, 0) is 6.92 Å². The molecule has 0 heterocycles. The monoisotopic (exact) mass is 126 g/mol. The molecule has 0 saturated heterocycles. The Balaban J connectivity index is 0.000000187. The summed E-state index contributed by atoms with van der Waals surface area (Å²) < 4.78 is 10.3. The molecule has 1 aromatic carbocycles. The van der Waals surface area contributed by atoms with Gasteiger partial charge in [0.15, 0.2) is 0 Å². The quantitative estimate of drug-likeness (QED) is 0.501. The summed E-state index contributed by atoms with van der Waals surface area (Å²) in [4.78, 5) is 0. The molecule has 0 saturated carbocycles. The molecule has 0 unspecified atom stereocenters. The van der Waals surface area contributed by atoms with Gasteiger partial charge in [0.2, 0.25) is 0 Å². The van der Waals surface area contributed by atoms with E-state index < -0.39 is 0 Å². The molecule has 0 fully saturated rings. The van der Waals surface area contributed by atoms with E-state index in [1.54, 1.807) is 0 Å². The summed E-state index contributed by atoms with van der Waals surface area (Å²) in [5.74, 6) is 0. The molecule has 0 aliphatic heterocycles. The molecular formula is C8H11F. The molecule has 0 aliphatic rings. The normalized spacial score (nSPS) is 7.33. The van der Waals surface area contributed by atoms with E-state index in [1.165, 1.54) is 6.92 Å². The number of hydrogen-bond acceptors (Lipinski definition) is 0. The maximum Gasteiger partial charge on any atom is 0.0866 e. The third kappa shape index (κ3) is 7.15. The van der Waals surface area contributed by atoms with Gasteiger partial charge in [-0.1, -0.05) is 36.4 Å². The lowest BCUT2D eigenvalue weighted by Crippen LogP contribution is -1.47. The summed E-state index contributed by atoms with van der Waals surface area (Å²) in [5, 5.41) is 0. The summed E-state index contributed by atoms with van der Waals surface area (Å²) in [6.07, 6.45) is 0. The topological polar surface area (TPSA) is 0 Å². The fraction of sp³-hybridized carbons (Fsp3) is 0.250. The van der Waals surface area contributed by atoms with Crippen molar-refractivity contribution in [2.75, 3.05) is 6.67 Å². The molecule has 0 N–H and O–H groups in total. The second-order valence-corrected chi connectivity index (χ2v) is 1.42. The van der Waals surface area contributed by atoms with Crippen molar-refractivity contribution in [2.45, 2.75) is 6.92 Å². The van der Waals surface area contributed by atoms with Gasteiger partial charge in [0.05, 0.1) is 6.67 Å². The lowest BCUT2D eigenvalue weighted by Gasteiger charge is -1.69. The Labute approximate surface area is 55.3 Å². The van der Waals surface area contributed by atoms with Crippen molar-refractivity contribution in [1.82, 2.24) is 0 Å². The highest BCUT2D eigenvalue weighted by molar-refractivity contribution is 4.99. The smallest absolute Gasteiger partial charge is 0.0866 e. The van der Waals surface area contributed by atoms with Crippen LogP contribution in [0.5, 0.6) is 0 Å². The van der Waals surface area contributed by atoms with Gasteiger partial charge >= 0.3 is 0 Å². The molecule has 0 atom stereocenters. The minimum absolute atomic E-state index is 0.250. The number of hydrogen-bond donors (Lipinski definition) is 0. The van der Waals surface area contributed by atoms with Crippen molar-refractivity contribution in [1.29, 1.82) is 0 Å². The molecule has 0 bridgehead atoms. The molecule has 1 heteroatoms. The fourth-order valence-corrected chi connectivity index (χ4v) is 0.385. The summed E-state index contributed by atoms with van der Waals surface area (Å²) in [6.45, 7) is 1.21. The minimum Gasteiger partial charge on any atom is -0.251 e. The van der Waals surface area contributed by atoms with E-state index in [0.29, 0.717) is 0 Å². The summed E-state index contributed by atoms with van der Waals surface area (Å²) in [6, 6.07) is 12.0. The zero-order valence-electron chi connectivity index (χ0n) is 5.55. The molecular weight excluding hydrogens is 115 g/mol. The molecule has 9 heavy (non-hydrogen) atoms. The highest BCUT2D eigenvalue weighted by Gasteiger charge is 1.57. The van der Waals surface area contributed by atoms with E-state index in [-0.39, 0.29) is 6.67 Å². The van der Waals surface area contributed by atoms with Crippen LogP contribution in [0.15, 0.2) is 36.4 Å². The van der Waals surface area contributed by atoms with Gasteiger partial charge in [0, 0.05) is 0 Å². The number of benzene rings is 1. The largest absolute Gasteiger partial charge is 0.251 e. The molecule has 1 rings (SSSR count). The van der Waals surface area contributed by atoms with Gasteiger partial charge < -0.3 is 0 Å². The van der Waals surface area contributed by atoms with Gasteiger partial charge in [-0.25, -0.2) is 0 Å². The molecule has 0 spiro atoms. The van der Waals surface area contributed by atoms with Crippen LogP contribution in [0, 0.1) is 0 Å². The Morgan fingerprint density at radius 1 is 0.889 bits per heavy atom. The Hall–Kier alpha value is -0.850. The van der Waals surface area contributed by atoms with Crippen LogP contribution in [0.25, 0.3) is 0 Å². The predicted molar refractivity (Wildman–Crippen MR) is 38.1 cm³/mol. The van der Waals surface area contributed by atoms with Crippen molar-refractivity contribution >= 4 is 0 Å². The first-order valence-electron chi connectivity index (χ1n) is 2.97. The van der Waals surface area contributed by atoms with Crippen LogP contribution in [0.1, 0.15) is 6.92 Å². The van der Waals surface area contributed by atoms with Crippen LogP contribution in [0.4, 0.5) is 4.39 Å². The van der Waals surface area contributed by atoms with E-state index in [2.05, 4.69) is 0 Å². The van der Waals surface area contributed by atoms with Gasteiger partial charge in [-0.2, -0.15) is 0 Å². The van der Waals surface area contributed by atoms with Crippen molar-refractivity contribution < 1.29 is 4.39 Å². The van der Waals surface area contributed by atoms with Crippen molar-refractivity contribution in [2.24, 2.45) is 0 Å². The summed E-state index contributed by atoms with van der Waals surface area (Å²) in [5.41, 5.74) is 0. The number of alkyl halides is 1. The van der Waals surface area contributed by atoms with Crippen molar-refractivity contribution in [3.05, 3.63) is 36.4 Å². The van der Waals surface area contributed by atoms with E-state index in [4.69, 9.17) is 0 Å². The number of rotatable bonds is 0. The molecule has 0 amide bonds. The molecule has 0 radical (unpaired) electrons. The molecule has 0 aliphatic carbocycles. The maximum atomic E-state index is 10.3. The fourth-order valence-electron chi connectivity index (χ4n) is 0.385. The summed E-state index contributed by atoms with van der Waals surface area (Å²) in [7, 11) is 0. The number of halogens is 1. The molecule has 50 valence electrons. The third-order valence-corrected chi connectivity index (χ3v) is 0.667. The van der Waals surface area contributed by atoms with Crippen LogP contribution < -0.4 is 0 Å². The first-order chi connectivity index (χ1) is 4.41. The van der Waals surface area contributed by atoms with Gasteiger partial charge in [0.1, 0.15) is 0 Å². The second-order valence-electron chi connectivity index (χ2n) is 1.42. The standard InChI is InChI=1S/C6H6.C2H5F/c1-2-4-6-5-3-1;1-2-3/h1-6H;2H2,1H3. The summed E-state index contributed by atoms with van der Waals surface area (Å²) >= 11 is 0. The Kier molecular flexibility index (Phi) is 6.47. The van der Waals surface area contributed by atoms with E-state index in [1.807, 2.05) is 36.4 Å². The Morgan fingerprint density at radius 2 is 1.00 bits per heavy atom. The van der Waals surface area contributed by atoms with E-state index in [0.717, 1.165) is 0 Å². The third-order valence-electron chi connectivity index (χ3n) is 0.667. The van der Waals surface area contributed by atoms with Crippen LogP contribution in [0.2, 0.25) is 0 Å². The van der Waals surface area contributed by atoms with E-state index >= 15 is 0 Å². The van der Waals surface area contributed by atoms with Gasteiger partial charge in [-0.15, -0.1) is 0 Å². The lowest BCUT2D eigenvalue weighted by atomic mass is 10.4. The maximum absolute atomic E-state index is 10.3. The molecule has 1 aromatic rings. The molecule has 0 nitrogen and oxygen atoms in total. The SMILES string of the molecule is CCF.c1ccccc1. The van der Waals surface area contributed by atoms with E-state index in [9.17, 15) is 4.39 Å². The average Bonchev–Trinajstić information content (AvgIpc) is 1.93. The highest BCUT2D eigenvalue weighted by Crippen LogP contribution is 1.79.